The summed E-state index contributed by atoms with van der Waals surface area (Å²) in [6.07, 6.45) is -10.2. The number of halogens is 7. The lowest BCUT2D eigenvalue weighted by molar-refractivity contribution is -0.275. The summed E-state index contributed by atoms with van der Waals surface area (Å²) in [5.74, 6) is -2.73. The average Bonchev–Trinajstić information content (AvgIpc) is 2.51. The zero-order valence-corrected chi connectivity index (χ0v) is 13.8. The quantitative estimate of drug-likeness (QED) is 0.742. The predicted molar refractivity (Wildman–Crippen MR) is 78.6 cm³/mol. The van der Waals surface area contributed by atoms with Crippen LogP contribution in [0.5, 0.6) is 5.75 Å². The normalized spacial score (nSPS) is 12.9. The molecule has 0 amide bonds. The first-order valence-corrected chi connectivity index (χ1v) is 8.48. The fraction of sp³-hybridized carbons (Fsp3) is 0.200. The highest BCUT2D eigenvalue weighted by Crippen LogP contribution is 2.33. The van der Waals surface area contributed by atoms with Gasteiger partial charge in [-0.2, -0.15) is 13.2 Å². The standard InChI is InChI=1S/C15H10F7NO3S/c16-13-9(4-3-5-10(13)14(17,18)19)8-23-27(24,25)12-7-2-1-6-11(12)26-15(20,21)22/h1-7,23H,8H2. The lowest BCUT2D eigenvalue weighted by Gasteiger charge is -2.15. The summed E-state index contributed by atoms with van der Waals surface area (Å²) < 4.78 is 119. The third-order valence-corrected chi connectivity index (χ3v) is 4.64. The van der Waals surface area contributed by atoms with Crippen LogP contribution in [0.2, 0.25) is 0 Å². The smallest absolute Gasteiger partial charge is 0.404 e. The van der Waals surface area contributed by atoms with Crippen molar-refractivity contribution in [2.24, 2.45) is 0 Å². The first kappa shape index (κ1) is 21.0. The summed E-state index contributed by atoms with van der Waals surface area (Å²) >= 11 is 0. The minimum Gasteiger partial charge on any atom is -0.404 e. The van der Waals surface area contributed by atoms with Crippen molar-refractivity contribution in [3.05, 3.63) is 59.4 Å². The topological polar surface area (TPSA) is 55.4 Å². The summed E-state index contributed by atoms with van der Waals surface area (Å²) in [5, 5.41) is 0. The number of hydrogen-bond donors (Lipinski definition) is 1. The molecule has 0 fully saturated rings. The largest absolute Gasteiger partial charge is 0.573 e. The first-order valence-electron chi connectivity index (χ1n) is 7.00. The van der Waals surface area contributed by atoms with E-state index in [4.69, 9.17) is 0 Å². The fourth-order valence-corrected chi connectivity index (χ4v) is 3.20. The van der Waals surface area contributed by atoms with Gasteiger partial charge in [-0.1, -0.05) is 24.3 Å². The van der Waals surface area contributed by atoms with Crippen LogP contribution in [0.3, 0.4) is 0 Å². The monoisotopic (exact) mass is 417 g/mol. The molecule has 0 radical (unpaired) electrons. The van der Waals surface area contributed by atoms with E-state index in [9.17, 15) is 39.2 Å². The molecule has 4 nitrogen and oxygen atoms in total. The van der Waals surface area contributed by atoms with Gasteiger partial charge in [0.25, 0.3) is 0 Å². The van der Waals surface area contributed by atoms with E-state index in [2.05, 4.69) is 4.74 Å². The minimum atomic E-state index is -5.17. The lowest BCUT2D eigenvalue weighted by atomic mass is 10.1. The molecule has 0 heterocycles. The Morgan fingerprint density at radius 3 is 2.15 bits per heavy atom. The van der Waals surface area contributed by atoms with E-state index in [1.54, 1.807) is 4.72 Å². The molecule has 148 valence electrons. The Bertz CT molecular complexity index is 924. The van der Waals surface area contributed by atoms with Crippen molar-refractivity contribution in [2.45, 2.75) is 24.0 Å². The maximum absolute atomic E-state index is 13.9. The van der Waals surface area contributed by atoms with E-state index in [0.29, 0.717) is 6.07 Å². The third-order valence-electron chi connectivity index (χ3n) is 3.20. The van der Waals surface area contributed by atoms with Crippen LogP contribution in [0.4, 0.5) is 30.7 Å². The zero-order chi connectivity index (χ0) is 20.5. The van der Waals surface area contributed by atoms with Crippen molar-refractivity contribution >= 4 is 10.0 Å². The summed E-state index contributed by atoms with van der Waals surface area (Å²) in [6.45, 7) is -0.918. The number of sulfonamides is 1. The van der Waals surface area contributed by atoms with Crippen LogP contribution in [0.25, 0.3) is 0 Å². The number of rotatable bonds is 5. The van der Waals surface area contributed by atoms with Gasteiger partial charge < -0.3 is 4.74 Å². The molecular weight excluding hydrogens is 407 g/mol. The van der Waals surface area contributed by atoms with E-state index < -0.39 is 56.7 Å². The highest BCUT2D eigenvalue weighted by Gasteiger charge is 2.36. The van der Waals surface area contributed by atoms with Crippen LogP contribution in [0.1, 0.15) is 11.1 Å². The summed E-state index contributed by atoms with van der Waals surface area (Å²) in [6, 6.07) is 6.00. The molecule has 0 saturated carbocycles. The van der Waals surface area contributed by atoms with Crippen molar-refractivity contribution in [1.29, 1.82) is 0 Å². The Morgan fingerprint density at radius 2 is 1.56 bits per heavy atom. The maximum atomic E-state index is 13.9. The van der Waals surface area contributed by atoms with E-state index in [0.717, 1.165) is 36.4 Å². The van der Waals surface area contributed by atoms with Crippen molar-refractivity contribution in [3.63, 3.8) is 0 Å². The highest BCUT2D eigenvalue weighted by molar-refractivity contribution is 7.89. The van der Waals surface area contributed by atoms with Gasteiger partial charge in [0.15, 0.2) is 0 Å². The van der Waals surface area contributed by atoms with Gasteiger partial charge in [0.2, 0.25) is 10.0 Å². The fourth-order valence-electron chi connectivity index (χ4n) is 2.07. The van der Waals surface area contributed by atoms with Crippen LogP contribution in [0.15, 0.2) is 47.4 Å². The maximum Gasteiger partial charge on any atom is 0.573 e. The molecule has 0 atom stereocenters. The average molecular weight is 417 g/mol. The van der Waals surface area contributed by atoms with Gasteiger partial charge in [0.05, 0.1) is 5.56 Å². The molecule has 0 aliphatic carbocycles. The van der Waals surface area contributed by atoms with Gasteiger partial charge in [-0.25, -0.2) is 17.5 Å². The Labute approximate surface area is 148 Å². The summed E-state index contributed by atoms with van der Waals surface area (Å²) in [5.41, 5.74) is -2.23. The minimum absolute atomic E-state index is 0.472. The van der Waals surface area contributed by atoms with E-state index in [1.165, 1.54) is 0 Å². The Balaban J connectivity index is 2.30. The lowest BCUT2D eigenvalue weighted by Crippen LogP contribution is -2.26. The van der Waals surface area contributed by atoms with Crippen LogP contribution in [-0.4, -0.2) is 14.8 Å². The van der Waals surface area contributed by atoms with Gasteiger partial charge >= 0.3 is 12.5 Å². The summed E-state index contributed by atoms with van der Waals surface area (Å²) in [7, 11) is -4.65. The van der Waals surface area contributed by atoms with E-state index >= 15 is 0 Å². The van der Waals surface area contributed by atoms with Crippen LogP contribution in [0, 0.1) is 5.82 Å². The number of alkyl halides is 6. The van der Waals surface area contributed by atoms with Crippen molar-refractivity contribution < 1.29 is 43.9 Å². The molecule has 12 heteroatoms. The molecule has 2 rings (SSSR count). The van der Waals surface area contributed by atoms with Crippen molar-refractivity contribution in [3.8, 4) is 5.75 Å². The Hall–Kier alpha value is -2.34. The molecule has 0 aliphatic heterocycles. The predicted octanol–water partition coefficient (Wildman–Crippen LogP) is 4.22. The number of ether oxygens (including phenoxy) is 1. The molecule has 1 N–H and O–H groups in total. The van der Waals surface area contributed by atoms with Crippen molar-refractivity contribution in [2.75, 3.05) is 0 Å². The number of hydrogen-bond acceptors (Lipinski definition) is 3. The van der Waals surface area contributed by atoms with Crippen molar-refractivity contribution in [1.82, 2.24) is 4.72 Å². The van der Waals surface area contributed by atoms with Crippen LogP contribution < -0.4 is 9.46 Å². The van der Waals surface area contributed by atoms with Gasteiger partial charge in [-0.05, 0) is 18.2 Å². The van der Waals surface area contributed by atoms with Gasteiger partial charge in [0, 0.05) is 12.1 Å². The molecule has 2 aromatic rings. The second-order valence-electron chi connectivity index (χ2n) is 5.10. The second kappa shape index (κ2) is 7.35. The molecule has 0 saturated heterocycles. The molecule has 2 aromatic carbocycles. The molecule has 0 aromatic heterocycles. The Morgan fingerprint density at radius 1 is 0.926 bits per heavy atom. The van der Waals surface area contributed by atoms with Gasteiger partial charge in [-0.15, -0.1) is 13.2 Å². The number of para-hydroxylation sites is 1. The van der Waals surface area contributed by atoms with E-state index in [1.807, 2.05) is 0 Å². The third kappa shape index (κ3) is 5.32. The molecule has 0 aliphatic rings. The summed E-state index contributed by atoms with van der Waals surface area (Å²) in [4.78, 5) is -0.908. The number of benzene rings is 2. The zero-order valence-electron chi connectivity index (χ0n) is 13.0. The second-order valence-corrected chi connectivity index (χ2v) is 6.83. The molecule has 0 bridgehead atoms. The molecule has 0 spiro atoms. The molecule has 0 unspecified atom stereocenters. The van der Waals surface area contributed by atoms with E-state index in [-0.39, 0.29) is 0 Å². The molecule has 27 heavy (non-hydrogen) atoms. The SMILES string of the molecule is O=S(=O)(NCc1cccc(C(F)(F)F)c1F)c1ccccc1OC(F)(F)F. The first-order chi connectivity index (χ1) is 12.3. The number of nitrogens with one attached hydrogen (secondary N) is 1. The van der Waals surface area contributed by atoms with Crippen LogP contribution in [-0.2, 0) is 22.7 Å². The molecular formula is C15H10F7NO3S. The van der Waals surface area contributed by atoms with Crippen LogP contribution >= 0.6 is 0 Å². The van der Waals surface area contributed by atoms with Gasteiger partial charge in [-0.3, -0.25) is 0 Å². The highest BCUT2D eigenvalue weighted by atomic mass is 32.2. The Kier molecular flexibility index (Phi) is 5.71. The van der Waals surface area contributed by atoms with Gasteiger partial charge in [0.1, 0.15) is 16.5 Å².